The van der Waals surface area contributed by atoms with Gasteiger partial charge in [-0.1, -0.05) is 38.1 Å². The van der Waals surface area contributed by atoms with Crippen LogP contribution in [0.4, 0.5) is 4.79 Å². The number of hydrogen-bond acceptors (Lipinski definition) is 3. The highest BCUT2D eigenvalue weighted by Crippen LogP contribution is 2.34. The maximum atomic E-state index is 12.6. The van der Waals surface area contributed by atoms with Crippen LogP contribution in [-0.4, -0.2) is 17.0 Å². The first-order chi connectivity index (χ1) is 11.0. The minimum Gasteiger partial charge on any atom is -0.358 e. The Morgan fingerprint density at radius 2 is 2.13 bits per heavy atom. The molecule has 1 aliphatic heterocycles. The smallest absolute Gasteiger partial charge is 0.355 e. The predicted octanol–water partition coefficient (Wildman–Crippen LogP) is 3.28. The fourth-order valence-corrected chi connectivity index (χ4v) is 3.34. The summed E-state index contributed by atoms with van der Waals surface area (Å²) in [5.74, 6) is 1.96. The van der Waals surface area contributed by atoms with Crippen molar-refractivity contribution >= 4 is 12.0 Å². The van der Waals surface area contributed by atoms with Crippen molar-refractivity contribution in [2.24, 2.45) is 5.92 Å². The number of rotatable bonds is 2. The number of carbonyl (C=O) groups is 1. The highest BCUT2D eigenvalue weighted by Gasteiger charge is 2.35. The average molecular weight is 312 g/mol. The van der Waals surface area contributed by atoms with Crippen molar-refractivity contribution in [3.63, 3.8) is 0 Å². The van der Waals surface area contributed by atoms with E-state index in [0.29, 0.717) is 5.70 Å². The number of nitrogens with zero attached hydrogens (tertiary/aromatic N) is 1. The number of allylic oxidation sites excluding steroid dienone is 2. The van der Waals surface area contributed by atoms with Crippen LogP contribution in [0.15, 0.2) is 41.3 Å². The standard InChI is InChI=1S/C18H20N2O3/c1-11(2)17-12(3)20(23-16(17)10-21)18(22)19-15-9-8-13-6-4-5-7-14(13)15/h4-7,11,15H,8-9H2,1-3H3,(H,19,22). The lowest BCUT2D eigenvalue weighted by Gasteiger charge is -2.20. The lowest BCUT2D eigenvalue weighted by molar-refractivity contribution is -0.0228. The van der Waals surface area contributed by atoms with Crippen molar-refractivity contribution in [2.45, 2.75) is 39.7 Å². The van der Waals surface area contributed by atoms with Crippen LogP contribution in [0, 0.1) is 5.92 Å². The number of nitrogens with one attached hydrogen (secondary N) is 1. The Kier molecular flexibility index (Phi) is 3.97. The van der Waals surface area contributed by atoms with Gasteiger partial charge in [0.2, 0.25) is 5.76 Å². The fraction of sp³-hybridized carbons (Fsp3) is 0.389. The van der Waals surface area contributed by atoms with E-state index in [-0.39, 0.29) is 23.8 Å². The molecule has 0 fully saturated rings. The Balaban J connectivity index is 1.79. The summed E-state index contributed by atoms with van der Waals surface area (Å²) in [7, 11) is 0. The highest BCUT2D eigenvalue weighted by atomic mass is 16.7. The van der Waals surface area contributed by atoms with E-state index in [1.807, 2.05) is 32.0 Å². The minimum atomic E-state index is -0.354. The Morgan fingerprint density at radius 1 is 1.39 bits per heavy atom. The van der Waals surface area contributed by atoms with Gasteiger partial charge >= 0.3 is 6.03 Å². The van der Waals surface area contributed by atoms with Gasteiger partial charge in [0.25, 0.3) is 0 Å². The van der Waals surface area contributed by atoms with Crippen molar-refractivity contribution in [1.29, 1.82) is 0 Å². The van der Waals surface area contributed by atoms with E-state index < -0.39 is 0 Å². The van der Waals surface area contributed by atoms with Crippen LogP contribution in [0.3, 0.4) is 0 Å². The molecule has 0 saturated heterocycles. The predicted molar refractivity (Wildman–Crippen MR) is 85.7 cm³/mol. The Labute approximate surface area is 135 Å². The molecule has 0 saturated carbocycles. The summed E-state index contributed by atoms with van der Waals surface area (Å²) >= 11 is 0. The average Bonchev–Trinajstić information content (AvgIpc) is 3.08. The third-order valence-corrected chi connectivity index (χ3v) is 4.41. The zero-order valence-electron chi connectivity index (χ0n) is 13.6. The molecule has 1 aromatic rings. The molecular weight excluding hydrogens is 292 g/mol. The molecule has 23 heavy (non-hydrogen) atoms. The van der Waals surface area contributed by atoms with Crippen LogP contribution >= 0.6 is 0 Å². The van der Waals surface area contributed by atoms with Crippen LogP contribution in [-0.2, 0) is 16.1 Å². The third kappa shape index (κ3) is 2.64. The summed E-state index contributed by atoms with van der Waals surface area (Å²) in [4.78, 5) is 29.0. The zero-order valence-corrected chi connectivity index (χ0v) is 13.6. The van der Waals surface area contributed by atoms with E-state index in [0.717, 1.165) is 29.0 Å². The van der Waals surface area contributed by atoms with E-state index in [4.69, 9.17) is 4.84 Å². The largest absolute Gasteiger partial charge is 0.358 e. The van der Waals surface area contributed by atoms with Gasteiger partial charge in [-0.15, -0.1) is 5.06 Å². The first-order valence-corrected chi connectivity index (χ1v) is 7.85. The van der Waals surface area contributed by atoms with Crippen molar-refractivity contribution in [1.82, 2.24) is 10.4 Å². The van der Waals surface area contributed by atoms with Gasteiger partial charge in [-0.2, -0.15) is 0 Å². The third-order valence-electron chi connectivity index (χ3n) is 4.41. The minimum absolute atomic E-state index is 0.0261. The number of aryl methyl sites for hydroxylation is 1. The van der Waals surface area contributed by atoms with Gasteiger partial charge in [-0.25, -0.2) is 9.59 Å². The lowest BCUT2D eigenvalue weighted by atomic mass is 10.0. The van der Waals surface area contributed by atoms with E-state index in [9.17, 15) is 9.59 Å². The van der Waals surface area contributed by atoms with E-state index in [2.05, 4.69) is 11.4 Å². The first kappa shape index (κ1) is 15.4. The monoisotopic (exact) mass is 312 g/mol. The number of carbonyl (C=O) groups excluding carboxylic acids is 2. The summed E-state index contributed by atoms with van der Waals surface area (Å²) in [6.45, 7) is 5.68. The summed E-state index contributed by atoms with van der Waals surface area (Å²) < 4.78 is 0. The molecule has 2 aliphatic rings. The van der Waals surface area contributed by atoms with Gasteiger partial charge in [-0.3, -0.25) is 0 Å². The van der Waals surface area contributed by atoms with Crippen LogP contribution in [0.5, 0.6) is 0 Å². The molecular formula is C18H20N2O3. The van der Waals surface area contributed by atoms with Gasteiger partial charge in [0.1, 0.15) is 0 Å². The summed E-state index contributed by atoms with van der Waals surface area (Å²) in [6.07, 6.45) is 1.82. The second-order valence-electron chi connectivity index (χ2n) is 6.21. The lowest BCUT2D eigenvalue weighted by Crippen LogP contribution is -2.38. The van der Waals surface area contributed by atoms with Gasteiger partial charge in [0, 0.05) is 5.57 Å². The fourth-order valence-electron chi connectivity index (χ4n) is 3.34. The molecule has 0 bridgehead atoms. The number of benzene rings is 1. The highest BCUT2D eigenvalue weighted by molar-refractivity contribution is 5.78. The second-order valence-corrected chi connectivity index (χ2v) is 6.21. The number of urea groups is 1. The molecule has 0 spiro atoms. The first-order valence-electron chi connectivity index (χ1n) is 7.85. The van der Waals surface area contributed by atoms with Crippen molar-refractivity contribution in [2.75, 3.05) is 0 Å². The molecule has 3 rings (SSSR count). The molecule has 5 nitrogen and oxygen atoms in total. The van der Waals surface area contributed by atoms with Gasteiger partial charge in [-0.05, 0) is 36.8 Å². The normalized spacial score (nSPS) is 19.7. The number of hydroxylamine groups is 2. The van der Waals surface area contributed by atoms with Crippen LogP contribution in [0.2, 0.25) is 0 Å². The van der Waals surface area contributed by atoms with Crippen molar-refractivity contribution in [3.05, 3.63) is 52.4 Å². The topological polar surface area (TPSA) is 58.6 Å². The molecule has 0 radical (unpaired) electrons. The Morgan fingerprint density at radius 3 is 2.78 bits per heavy atom. The number of hydrogen-bond donors (Lipinski definition) is 1. The second kappa shape index (κ2) is 5.94. The quantitative estimate of drug-likeness (QED) is 0.853. The zero-order chi connectivity index (χ0) is 16.6. The summed E-state index contributed by atoms with van der Waals surface area (Å²) in [5.41, 5.74) is 3.78. The van der Waals surface area contributed by atoms with E-state index >= 15 is 0 Å². The molecule has 1 N–H and O–H groups in total. The Bertz CT molecular complexity index is 730. The van der Waals surface area contributed by atoms with Gasteiger partial charge in [0.05, 0.1) is 11.7 Å². The number of fused-ring (bicyclic) bond motifs is 1. The van der Waals surface area contributed by atoms with Crippen LogP contribution < -0.4 is 5.32 Å². The van der Waals surface area contributed by atoms with E-state index in [1.54, 1.807) is 12.9 Å². The van der Waals surface area contributed by atoms with Crippen molar-refractivity contribution in [3.8, 4) is 0 Å². The van der Waals surface area contributed by atoms with Crippen molar-refractivity contribution < 1.29 is 14.4 Å². The maximum absolute atomic E-state index is 12.6. The summed E-state index contributed by atoms with van der Waals surface area (Å²) in [5, 5.41) is 4.16. The Hall–Kier alpha value is -2.52. The maximum Gasteiger partial charge on any atom is 0.355 e. The molecule has 2 amide bonds. The van der Waals surface area contributed by atoms with Gasteiger partial charge in [0.15, 0.2) is 5.94 Å². The SMILES string of the molecule is CC1=C(C(C)C)C(=C=O)ON1C(=O)NC1CCc2ccccc21. The molecule has 1 unspecified atom stereocenters. The number of amides is 2. The molecule has 1 heterocycles. The molecule has 0 aromatic heterocycles. The van der Waals surface area contributed by atoms with Gasteiger partial charge < -0.3 is 10.2 Å². The van der Waals surface area contributed by atoms with Crippen LogP contribution in [0.1, 0.15) is 44.4 Å². The van der Waals surface area contributed by atoms with Crippen LogP contribution in [0.25, 0.3) is 0 Å². The molecule has 1 atom stereocenters. The molecule has 1 aliphatic carbocycles. The molecule has 120 valence electrons. The molecule has 5 heteroatoms. The van der Waals surface area contributed by atoms with E-state index in [1.165, 1.54) is 5.56 Å². The summed E-state index contributed by atoms with van der Waals surface area (Å²) in [6, 6.07) is 7.73. The molecule has 1 aromatic carbocycles.